The first-order valence-electron chi connectivity index (χ1n) is 13.5. The maximum absolute atomic E-state index is 14.0. The number of fused-ring (bicyclic) bond motifs is 3. The number of benzene rings is 1. The predicted molar refractivity (Wildman–Crippen MR) is 141 cm³/mol. The molecule has 3 fully saturated rings. The molecule has 0 bridgehead atoms. The highest BCUT2D eigenvalue weighted by molar-refractivity contribution is 6.05. The Kier molecular flexibility index (Phi) is 6.71. The monoisotopic (exact) mass is 512 g/mol. The molecule has 37 heavy (non-hydrogen) atoms. The Bertz CT molecular complexity index is 1330. The number of rotatable bonds is 7. The third-order valence-corrected chi connectivity index (χ3v) is 8.15. The minimum Gasteiger partial charge on any atom is -0.393 e. The third kappa shape index (κ3) is 5.13. The minimum absolute atomic E-state index is 0.0319. The van der Waals surface area contributed by atoms with Crippen molar-refractivity contribution in [3.05, 3.63) is 34.7 Å². The van der Waals surface area contributed by atoms with E-state index in [2.05, 4.69) is 15.2 Å². The topological polar surface area (TPSA) is 86.5 Å². The molecule has 1 saturated heterocycles. The number of aliphatic hydroxyl groups excluding tert-OH is 1. The number of aromatic nitrogens is 3. The molecule has 1 aliphatic heterocycles. The highest BCUT2D eigenvalue weighted by Crippen LogP contribution is 2.33. The standard InChI is InChI=1S/C27H34F2N6O2/c28-24(29)16-33-9-11-34(12-10-33)19-5-8-21-22(13-19)26(37)35(18-3-6-20(36)7-4-18)25-23(21)15-31-27(32-25)30-14-17-1-2-17/h5,8,13,15,17-18,20,24,36H,1-4,6-7,9-12,14,16H2,(H,30,31,32). The summed E-state index contributed by atoms with van der Waals surface area (Å²) in [7, 11) is 0. The first kappa shape index (κ1) is 24.5. The van der Waals surface area contributed by atoms with Crippen molar-refractivity contribution in [3.63, 3.8) is 0 Å². The Morgan fingerprint density at radius 3 is 2.46 bits per heavy atom. The van der Waals surface area contributed by atoms with E-state index in [1.807, 2.05) is 29.0 Å². The summed E-state index contributed by atoms with van der Waals surface area (Å²) >= 11 is 0. The maximum Gasteiger partial charge on any atom is 0.260 e. The number of piperazine rings is 1. The fourth-order valence-electron chi connectivity index (χ4n) is 5.79. The van der Waals surface area contributed by atoms with Gasteiger partial charge in [0.2, 0.25) is 5.95 Å². The molecule has 0 spiro atoms. The molecule has 0 unspecified atom stereocenters. The van der Waals surface area contributed by atoms with Gasteiger partial charge in [0.1, 0.15) is 5.65 Å². The van der Waals surface area contributed by atoms with Crippen molar-refractivity contribution in [2.45, 2.75) is 57.1 Å². The SMILES string of the molecule is O=c1c2cc(N3CCN(CC(F)F)CC3)ccc2c2cnc(NCC3CC3)nc2n1C1CCC(O)CC1. The van der Waals surface area contributed by atoms with Gasteiger partial charge >= 0.3 is 0 Å². The summed E-state index contributed by atoms with van der Waals surface area (Å²) in [5.74, 6) is 1.22. The van der Waals surface area contributed by atoms with Crippen LogP contribution in [-0.2, 0) is 0 Å². The van der Waals surface area contributed by atoms with Gasteiger partial charge in [-0.3, -0.25) is 14.3 Å². The van der Waals surface area contributed by atoms with E-state index < -0.39 is 6.43 Å². The van der Waals surface area contributed by atoms with Crippen molar-refractivity contribution in [3.8, 4) is 0 Å². The molecule has 6 rings (SSSR count). The van der Waals surface area contributed by atoms with Crippen LogP contribution in [0.4, 0.5) is 20.4 Å². The van der Waals surface area contributed by atoms with Gasteiger partial charge < -0.3 is 15.3 Å². The molecule has 0 atom stereocenters. The van der Waals surface area contributed by atoms with Crippen LogP contribution in [0.2, 0.25) is 0 Å². The fourth-order valence-corrected chi connectivity index (χ4v) is 5.79. The van der Waals surface area contributed by atoms with Crippen molar-refractivity contribution in [1.82, 2.24) is 19.4 Å². The lowest BCUT2D eigenvalue weighted by Crippen LogP contribution is -2.47. The number of hydrogen-bond acceptors (Lipinski definition) is 7. The molecule has 10 heteroatoms. The number of aliphatic hydroxyl groups is 1. The smallest absolute Gasteiger partial charge is 0.260 e. The Morgan fingerprint density at radius 2 is 1.76 bits per heavy atom. The molecule has 3 heterocycles. The number of alkyl halides is 2. The van der Waals surface area contributed by atoms with Crippen LogP contribution in [0.1, 0.15) is 44.6 Å². The van der Waals surface area contributed by atoms with Crippen molar-refractivity contribution < 1.29 is 13.9 Å². The average molecular weight is 513 g/mol. The van der Waals surface area contributed by atoms with Gasteiger partial charge in [-0.1, -0.05) is 6.07 Å². The van der Waals surface area contributed by atoms with E-state index in [1.165, 1.54) is 12.8 Å². The molecular weight excluding hydrogens is 478 g/mol. The average Bonchev–Trinajstić information content (AvgIpc) is 3.73. The summed E-state index contributed by atoms with van der Waals surface area (Å²) in [6.45, 7) is 3.06. The van der Waals surface area contributed by atoms with E-state index in [1.54, 1.807) is 4.90 Å². The summed E-state index contributed by atoms with van der Waals surface area (Å²) in [5, 5.41) is 15.7. The Hall–Kier alpha value is -2.85. The second-order valence-electron chi connectivity index (χ2n) is 10.8. The second-order valence-corrected chi connectivity index (χ2v) is 10.8. The molecule has 0 radical (unpaired) electrons. The summed E-state index contributed by atoms with van der Waals surface area (Å²) in [4.78, 5) is 27.4. The van der Waals surface area contributed by atoms with Gasteiger partial charge in [-0.2, -0.15) is 4.98 Å². The van der Waals surface area contributed by atoms with Gasteiger partial charge in [-0.25, -0.2) is 13.8 Å². The number of hydrogen-bond donors (Lipinski definition) is 2. The molecule has 2 saturated carbocycles. The number of nitrogens with zero attached hydrogens (tertiary/aromatic N) is 5. The zero-order chi connectivity index (χ0) is 25.5. The summed E-state index contributed by atoms with van der Waals surface area (Å²) in [6.07, 6.45) is 4.40. The van der Waals surface area contributed by atoms with Gasteiger partial charge in [0.05, 0.1) is 18.0 Å². The number of halogens is 2. The fraction of sp³-hybridized carbons (Fsp3) is 0.593. The van der Waals surface area contributed by atoms with Crippen molar-refractivity contribution in [2.24, 2.45) is 5.92 Å². The van der Waals surface area contributed by atoms with Crippen molar-refractivity contribution >= 4 is 33.4 Å². The number of nitrogens with one attached hydrogen (secondary N) is 1. The Labute approximate surface area is 214 Å². The molecule has 3 aliphatic rings. The second kappa shape index (κ2) is 10.1. The van der Waals surface area contributed by atoms with E-state index in [-0.39, 0.29) is 24.2 Å². The summed E-state index contributed by atoms with van der Waals surface area (Å²) in [6, 6.07) is 5.88. The van der Waals surface area contributed by atoms with Gasteiger partial charge in [0.25, 0.3) is 12.0 Å². The first-order valence-corrected chi connectivity index (χ1v) is 13.5. The zero-order valence-corrected chi connectivity index (χ0v) is 21.0. The maximum atomic E-state index is 14.0. The molecule has 2 aliphatic carbocycles. The molecule has 2 N–H and O–H groups in total. The van der Waals surface area contributed by atoms with Crippen LogP contribution in [0, 0.1) is 5.92 Å². The highest BCUT2D eigenvalue weighted by atomic mass is 19.3. The molecule has 8 nitrogen and oxygen atoms in total. The number of pyridine rings is 1. The predicted octanol–water partition coefficient (Wildman–Crippen LogP) is 3.63. The molecule has 2 aromatic heterocycles. The van der Waals surface area contributed by atoms with E-state index in [0.717, 1.165) is 35.8 Å². The third-order valence-electron chi connectivity index (χ3n) is 8.15. The molecule has 0 amide bonds. The molecule has 1 aromatic carbocycles. The number of anilines is 2. The normalized spacial score (nSPS) is 23.3. The van der Waals surface area contributed by atoms with Crippen molar-refractivity contribution in [1.29, 1.82) is 0 Å². The zero-order valence-electron chi connectivity index (χ0n) is 21.0. The van der Waals surface area contributed by atoms with Crippen LogP contribution in [0.25, 0.3) is 21.8 Å². The largest absolute Gasteiger partial charge is 0.393 e. The van der Waals surface area contributed by atoms with Crippen LogP contribution in [0.3, 0.4) is 0 Å². The van der Waals surface area contributed by atoms with E-state index >= 15 is 0 Å². The van der Waals surface area contributed by atoms with E-state index in [4.69, 9.17) is 4.98 Å². The first-order chi connectivity index (χ1) is 18.0. The Morgan fingerprint density at radius 1 is 1.00 bits per heavy atom. The minimum atomic E-state index is -2.33. The van der Waals surface area contributed by atoms with Gasteiger partial charge in [0, 0.05) is 56.0 Å². The van der Waals surface area contributed by atoms with Crippen LogP contribution < -0.4 is 15.8 Å². The van der Waals surface area contributed by atoms with E-state index in [9.17, 15) is 18.7 Å². The molecular formula is C27H34F2N6O2. The van der Waals surface area contributed by atoms with Gasteiger partial charge in [-0.05, 0) is 62.0 Å². The lowest BCUT2D eigenvalue weighted by atomic mass is 9.92. The van der Waals surface area contributed by atoms with Crippen molar-refractivity contribution in [2.75, 3.05) is 49.5 Å². The van der Waals surface area contributed by atoms with Crippen LogP contribution in [-0.4, -0.2) is 76.3 Å². The highest BCUT2D eigenvalue weighted by Gasteiger charge is 2.27. The van der Waals surface area contributed by atoms with Crippen LogP contribution in [0.15, 0.2) is 29.2 Å². The van der Waals surface area contributed by atoms with Crippen LogP contribution in [0.5, 0.6) is 0 Å². The Balaban J connectivity index is 1.39. The molecule has 3 aromatic rings. The lowest BCUT2D eigenvalue weighted by Gasteiger charge is -2.36. The summed E-state index contributed by atoms with van der Waals surface area (Å²) in [5.41, 5.74) is 1.49. The summed E-state index contributed by atoms with van der Waals surface area (Å²) < 4.78 is 27.4. The van der Waals surface area contributed by atoms with E-state index in [0.29, 0.717) is 61.9 Å². The van der Waals surface area contributed by atoms with Gasteiger partial charge in [-0.15, -0.1) is 0 Å². The quantitative estimate of drug-likeness (QED) is 0.468. The van der Waals surface area contributed by atoms with Crippen LogP contribution >= 0.6 is 0 Å². The molecule has 198 valence electrons. The van der Waals surface area contributed by atoms with Gasteiger partial charge in [0.15, 0.2) is 0 Å². The lowest BCUT2D eigenvalue weighted by molar-refractivity contribution is 0.0854.